The number of imide groups is 2. The molecule has 0 radical (unpaired) electrons. The molecule has 2 unspecified atom stereocenters. The van der Waals surface area contributed by atoms with E-state index in [1.54, 1.807) is 23.1 Å². The molecular weight excluding hydrogens is 897 g/mol. The molecule has 4 aromatic rings. The monoisotopic (exact) mass is 954 g/mol. The summed E-state index contributed by atoms with van der Waals surface area (Å²) in [6.45, 7) is 9.81. The summed E-state index contributed by atoms with van der Waals surface area (Å²) in [5.74, 6) is -1.58. The fourth-order valence-electron chi connectivity index (χ4n) is 10.2. The van der Waals surface area contributed by atoms with Crippen LogP contribution < -0.4 is 25.2 Å². The number of benzene rings is 3. The maximum atomic E-state index is 13.3. The van der Waals surface area contributed by atoms with Crippen molar-refractivity contribution in [2.24, 2.45) is 0 Å². The standard InChI is InChI=1S/C51H58N10O9/c1-3-45(63)60-22-21-59(29-34(60)16-18-52)47-38-17-20-58(42-13-6-9-33-8-4-5-10-37(33)42)31-41(38)54-51(56-47)70-32-35-28-36(30-57(35)2)69-27-26-68-25-24-67-23-19-53-40-12-7-11-39-46(40)50(66)61(49(39)65)43-14-15-44(62)55-48(43)64/h3-13,34-36,43,53H,1,14-17,19-32H2,2H3,(H,55,62,64)/t34?,35-,36+,43?/m0/s1. The van der Waals surface area contributed by atoms with Crippen molar-refractivity contribution in [1.29, 1.82) is 5.26 Å². The van der Waals surface area contributed by atoms with Gasteiger partial charge in [-0.2, -0.15) is 15.2 Å². The van der Waals surface area contributed by atoms with Gasteiger partial charge in [0.05, 0.1) is 81.0 Å². The van der Waals surface area contributed by atoms with Gasteiger partial charge in [0.1, 0.15) is 18.5 Å². The Hall–Kier alpha value is -6.98. The van der Waals surface area contributed by atoms with Crippen LogP contribution in [-0.2, 0) is 41.6 Å². The average molecular weight is 955 g/mol. The Bertz CT molecular complexity index is 2690. The first-order chi connectivity index (χ1) is 34.1. The molecule has 3 fully saturated rings. The Morgan fingerprint density at radius 1 is 0.900 bits per heavy atom. The molecule has 366 valence electrons. The van der Waals surface area contributed by atoms with E-state index >= 15 is 0 Å². The number of ether oxygens (including phenoxy) is 4. The molecule has 3 saturated heterocycles. The van der Waals surface area contributed by atoms with E-state index in [0.29, 0.717) is 84.1 Å². The van der Waals surface area contributed by atoms with Crippen molar-refractivity contribution in [3.05, 3.63) is 95.7 Å². The second kappa shape index (κ2) is 21.8. The molecule has 0 spiro atoms. The minimum Gasteiger partial charge on any atom is -0.462 e. The molecule has 0 saturated carbocycles. The number of carbonyl (C=O) groups is 5. The van der Waals surface area contributed by atoms with E-state index in [-0.39, 0.29) is 54.5 Å². The summed E-state index contributed by atoms with van der Waals surface area (Å²) in [7, 11) is 2.05. The molecule has 19 heteroatoms. The SMILES string of the molecule is C=CC(=O)N1CCN(c2nc(OC[C@@H]3C[C@@H](OCCOCCOCCNc4cccc5c4C(=O)N(C4CCC(=O)NC4=O)C5=O)CN3C)nc3c2CCN(c2cccc4ccccc24)C3)CC1CC#N. The van der Waals surface area contributed by atoms with Crippen molar-refractivity contribution in [2.75, 3.05) is 101 Å². The zero-order valence-electron chi connectivity index (χ0n) is 39.3. The highest BCUT2D eigenvalue weighted by Crippen LogP contribution is 2.36. The highest BCUT2D eigenvalue weighted by Gasteiger charge is 2.46. The molecule has 19 nitrogen and oxygen atoms in total. The number of anilines is 3. The Balaban J connectivity index is 0.737. The number of nitriles is 1. The molecule has 0 aliphatic carbocycles. The molecule has 5 aliphatic heterocycles. The first-order valence-electron chi connectivity index (χ1n) is 24.0. The quantitative estimate of drug-likeness (QED) is 0.0784. The molecule has 4 atom stereocenters. The number of piperazine rings is 1. The van der Waals surface area contributed by atoms with Gasteiger partial charge in [-0.25, -0.2) is 0 Å². The van der Waals surface area contributed by atoms with Gasteiger partial charge in [0, 0.05) is 74.1 Å². The number of rotatable bonds is 19. The number of fused-ring (bicyclic) bond motifs is 3. The topological polar surface area (TPSA) is 212 Å². The van der Waals surface area contributed by atoms with Gasteiger partial charge in [-0.15, -0.1) is 0 Å². The van der Waals surface area contributed by atoms with Crippen molar-refractivity contribution < 1.29 is 42.9 Å². The highest BCUT2D eigenvalue weighted by atomic mass is 16.5. The maximum absolute atomic E-state index is 13.3. The van der Waals surface area contributed by atoms with Gasteiger partial charge in [0.2, 0.25) is 17.7 Å². The van der Waals surface area contributed by atoms with E-state index in [1.165, 1.54) is 16.8 Å². The summed E-state index contributed by atoms with van der Waals surface area (Å²) >= 11 is 0. The van der Waals surface area contributed by atoms with Crippen molar-refractivity contribution in [2.45, 2.75) is 62.9 Å². The van der Waals surface area contributed by atoms with Crippen molar-refractivity contribution in [3.63, 3.8) is 0 Å². The predicted octanol–water partition coefficient (Wildman–Crippen LogP) is 3.32. The lowest BCUT2D eigenvalue weighted by Crippen LogP contribution is -2.55. The molecule has 9 rings (SSSR count). The lowest BCUT2D eigenvalue weighted by atomic mass is 10.0. The predicted molar refractivity (Wildman–Crippen MR) is 258 cm³/mol. The average Bonchev–Trinajstić information content (AvgIpc) is 3.86. The summed E-state index contributed by atoms with van der Waals surface area (Å²) in [5, 5.41) is 17.4. The van der Waals surface area contributed by atoms with E-state index in [0.717, 1.165) is 53.6 Å². The van der Waals surface area contributed by atoms with E-state index in [2.05, 4.69) is 87.5 Å². The third kappa shape index (κ3) is 10.3. The van der Waals surface area contributed by atoms with Crippen LogP contribution in [0.5, 0.6) is 6.01 Å². The van der Waals surface area contributed by atoms with Crippen LogP contribution in [0.15, 0.2) is 73.3 Å². The lowest BCUT2D eigenvalue weighted by Gasteiger charge is -2.42. The zero-order chi connectivity index (χ0) is 48.7. The largest absolute Gasteiger partial charge is 0.462 e. The van der Waals surface area contributed by atoms with Crippen LogP contribution >= 0.6 is 0 Å². The first-order valence-corrected chi connectivity index (χ1v) is 24.0. The molecule has 2 N–H and O–H groups in total. The third-order valence-corrected chi connectivity index (χ3v) is 13.7. The first kappa shape index (κ1) is 48.1. The minimum atomic E-state index is -1.03. The molecule has 5 amide bonds. The molecule has 70 heavy (non-hydrogen) atoms. The van der Waals surface area contributed by atoms with Crippen molar-refractivity contribution in [3.8, 4) is 12.1 Å². The Morgan fingerprint density at radius 2 is 1.70 bits per heavy atom. The lowest BCUT2D eigenvalue weighted by molar-refractivity contribution is -0.136. The van der Waals surface area contributed by atoms with Crippen molar-refractivity contribution in [1.82, 2.24) is 30.0 Å². The molecular formula is C51H58N10O9. The number of carbonyl (C=O) groups excluding carboxylic acids is 5. The van der Waals surface area contributed by atoms with E-state index in [4.69, 9.17) is 28.9 Å². The summed E-state index contributed by atoms with van der Waals surface area (Å²) in [6, 6.07) is 21.0. The number of likely N-dealkylation sites (N-methyl/N-ethyl adjacent to an activating group) is 1. The summed E-state index contributed by atoms with van der Waals surface area (Å²) < 4.78 is 24.2. The number of hydrogen-bond donors (Lipinski definition) is 2. The van der Waals surface area contributed by atoms with Gasteiger partial charge in [-0.3, -0.25) is 39.1 Å². The van der Waals surface area contributed by atoms with Gasteiger partial charge in [0.15, 0.2) is 0 Å². The maximum Gasteiger partial charge on any atom is 0.318 e. The third-order valence-electron chi connectivity index (χ3n) is 13.7. The number of piperidine rings is 1. The summed E-state index contributed by atoms with van der Waals surface area (Å²) in [6.07, 6.45) is 3.13. The van der Waals surface area contributed by atoms with Crippen LogP contribution in [0.25, 0.3) is 10.8 Å². The minimum absolute atomic E-state index is 0.0110. The fraction of sp³-hybridized carbons (Fsp3) is 0.451. The summed E-state index contributed by atoms with van der Waals surface area (Å²) in [5.41, 5.74) is 3.99. The van der Waals surface area contributed by atoms with Crippen LogP contribution in [0, 0.1) is 11.3 Å². The van der Waals surface area contributed by atoms with E-state index in [1.807, 2.05) is 0 Å². The number of amides is 5. The van der Waals surface area contributed by atoms with Crippen LogP contribution in [0.2, 0.25) is 0 Å². The van der Waals surface area contributed by atoms with Crippen molar-refractivity contribution >= 4 is 57.5 Å². The normalized spacial score (nSPS) is 21.4. The molecule has 5 aliphatic rings. The number of nitrogens with one attached hydrogen (secondary N) is 2. The smallest absolute Gasteiger partial charge is 0.318 e. The number of aromatic nitrogens is 2. The number of likely N-dealkylation sites (tertiary alicyclic amines) is 1. The fourth-order valence-corrected chi connectivity index (χ4v) is 10.2. The zero-order valence-corrected chi connectivity index (χ0v) is 39.3. The molecule has 1 aromatic heterocycles. The molecule has 0 bridgehead atoms. The second-order valence-corrected chi connectivity index (χ2v) is 18.1. The van der Waals surface area contributed by atoms with Crippen LogP contribution in [0.1, 0.15) is 57.7 Å². The van der Waals surface area contributed by atoms with Gasteiger partial charge in [-0.1, -0.05) is 49.0 Å². The Morgan fingerprint density at radius 3 is 2.53 bits per heavy atom. The number of nitrogens with zero attached hydrogens (tertiary/aromatic N) is 8. The Labute approximate surface area is 406 Å². The molecule has 6 heterocycles. The summed E-state index contributed by atoms with van der Waals surface area (Å²) in [4.78, 5) is 82.8. The van der Waals surface area contributed by atoms with Crippen LogP contribution in [0.3, 0.4) is 0 Å². The highest BCUT2D eigenvalue weighted by molar-refractivity contribution is 6.25. The van der Waals surface area contributed by atoms with E-state index in [9.17, 15) is 29.2 Å². The van der Waals surface area contributed by atoms with Crippen LogP contribution in [0.4, 0.5) is 17.2 Å². The number of hydrogen-bond acceptors (Lipinski definition) is 16. The van der Waals surface area contributed by atoms with Gasteiger partial charge in [0.25, 0.3) is 11.8 Å². The van der Waals surface area contributed by atoms with E-state index < -0.39 is 29.7 Å². The van der Waals surface area contributed by atoms with Crippen LogP contribution in [-0.4, -0.2) is 164 Å². The molecule has 3 aromatic carbocycles. The van der Waals surface area contributed by atoms with Gasteiger partial charge in [-0.05, 0) is 56.0 Å². The van der Waals surface area contributed by atoms with Gasteiger partial charge < -0.3 is 39.0 Å². The second-order valence-electron chi connectivity index (χ2n) is 18.1. The Kier molecular flexibility index (Phi) is 14.9. The van der Waals surface area contributed by atoms with Gasteiger partial charge >= 0.3 is 6.01 Å².